The fourth-order valence-electron chi connectivity index (χ4n) is 1.82. The number of benzene rings is 2. The largest absolute Gasteiger partial charge is 0.497 e. The Bertz CT molecular complexity index is 552. The van der Waals surface area contributed by atoms with E-state index in [1.807, 2.05) is 6.07 Å². The highest BCUT2D eigenvalue weighted by Gasteiger charge is 2.10. The van der Waals surface area contributed by atoms with Crippen LogP contribution in [0.5, 0.6) is 5.75 Å². The minimum Gasteiger partial charge on any atom is -0.497 e. The highest BCUT2D eigenvalue weighted by Crippen LogP contribution is 2.17. The molecule has 0 spiro atoms. The Balaban J connectivity index is 1.91. The molecule has 0 aliphatic heterocycles. The van der Waals surface area contributed by atoms with Crippen molar-refractivity contribution in [1.82, 2.24) is 5.32 Å². The molecule has 0 heterocycles. The lowest BCUT2D eigenvalue weighted by Gasteiger charge is -2.12. The van der Waals surface area contributed by atoms with Crippen molar-refractivity contribution in [3.05, 3.63) is 65.7 Å². The molecule has 2 aromatic rings. The van der Waals surface area contributed by atoms with Gasteiger partial charge in [0.1, 0.15) is 5.75 Å². The van der Waals surface area contributed by atoms with Gasteiger partial charge in [-0.15, -0.1) is 0 Å². The van der Waals surface area contributed by atoms with Crippen LogP contribution in [0, 0.1) is 0 Å². The van der Waals surface area contributed by atoms with E-state index in [1.54, 1.807) is 55.6 Å². The van der Waals surface area contributed by atoms with Gasteiger partial charge in [0.25, 0.3) is 5.91 Å². The second-order valence-corrected chi connectivity index (χ2v) is 4.37. The fourth-order valence-corrected chi connectivity index (χ4v) is 1.82. The average Bonchev–Trinajstić information content (AvgIpc) is 2.53. The number of aliphatic hydroxyl groups is 1. The lowest BCUT2D eigenvalue weighted by Crippen LogP contribution is -2.28. The molecule has 2 aromatic carbocycles. The Labute approximate surface area is 118 Å². The summed E-state index contributed by atoms with van der Waals surface area (Å²) in [4.78, 5) is 11.8. The monoisotopic (exact) mass is 271 g/mol. The summed E-state index contributed by atoms with van der Waals surface area (Å²) in [6.45, 7) is 0.167. The van der Waals surface area contributed by atoms with Crippen LogP contribution in [0.2, 0.25) is 0 Å². The second kappa shape index (κ2) is 6.73. The Morgan fingerprint density at radius 3 is 2.40 bits per heavy atom. The van der Waals surface area contributed by atoms with Crippen molar-refractivity contribution in [2.45, 2.75) is 6.10 Å². The smallest absolute Gasteiger partial charge is 0.251 e. The molecule has 1 atom stereocenters. The number of aliphatic hydroxyl groups excluding tert-OH is 1. The molecule has 2 N–H and O–H groups in total. The number of methoxy groups -OCH3 is 1. The highest BCUT2D eigenvalue weighted by atomic mass is 16.5. The summed E-state index contributed by atoms with van der Waals surface area (Å²) in [6, 6.07) is 16.0. The van der Waals surface area contributed by atoms with E-state index < -0.39 is 6.10 Å². The molecule has 104 valence electrons. The maximum atomic E-state index is 11.8. The van der Waals surface area contributed by atoms with E-state index in [9.17, 15) is 9.90 Å². The predicted octanol–water partition coefficient (Wildman–Crippen LogP) is 2.16. The number of ether oxygens (including phenoxy) is 1. The molecular weight excluding hydrogens is 254 g/mol. The van der Waals surface area contributed by atoms with Crippen molar-refractivity contribution in [2.75, 3.05) is 13.7 Å². The van der Waals surface area contributed by atoms with Crippen molar-refractivity contribution < 1.29 is 14.6 Å². The predicted molar refractivity (Wildman–Crippen MR) is 76.7 cm³/mol. The summed E-state index contributed by atoms with van der Waals surface area (Å²) in [7, 11) is 1.59. The van der Waals surface area contributed by atoms with Crippen LogP contribution in [0.4, 0.5) is 0 Å². The van der Waals surface area contributed by atoms with Crippen molar-refractivity contribution in [2.24, 2.45) is 0 Å². The molecule has 0 fully saturated rings. The van der Waals surface area contributed by atoms with Crippen LogP contribution < -0.4 is 10.1 Å². The van der Waals surface area contributed by atoms with Crippen LogP contribution in [-0.2, 0) is 0 Å². The Morgan fingerprint density at radius 1 is 1.15 bits per heavy atom. The molecular formula is C16H17NO3. The minimum atomic E-state index is -0.742. The maximum Gasteiger partial charge on any atom is 0.251 e. The first kappa shape index (κ1) is 14.1. The normalized spacial score (nSPS) is 11.7. The average molecular weight is 271 g/mol. The van der Waals surface area contributed by atoms with Gasteiger partial charge >= 0.3 is 0 Å². The Kier molecular flexibility index (Phi) is 4.74. The molecule has 0 saturated carbocycles. The van der Waals surface area contributed by atoms with Crippen LogP contribution in [0.1, 0.15) is 22.0 Å². The van der Waals surface area contributed by atoms with Gasteiger partial charge in [-0.2, -0.15) is 0 Å². The highest BCUT2D eigenvalue weighted by molar-refractivity contribution is 5.94. The first-order valence-electron chi connectivity index (χ1n) is 6.36. The lowest BCUT2D eigenvalue weighted by atomic mass is 10.1. The summed E-state index contributed by atoms with van der Waals surface area (Å²) < 4.78 is 5.05. The molecule has 1 unspecified atom stereocenters. The van der Waals surface area contributed by atoms with E-state index in [-0.39, 0.29) is 12.5 Å². The zero-order chi connectivity index (χ0) is 14.4. The number of hydrogen-bond acceptors (Lipinski definition) is 3. The molecule has 0 saturated heterocycles. The van der Waals surface area contributed by atoms with Gasteiger partial charge in [0.15, 0.2) is 0 Å². The summed E-state index contributed by atoms with van der Waals surface area (Å²) in [5.74, 6) is 0.535. The maximum absolute atomic E-state index is 11.8. The third-order valence-electron chi connectivity index (χ3n) is 2.99. The molecule has 4 nitrogen and oxygen atoms in total. The number of amides is 1. The third-order valence-corrected chi connectivity index (χ3v) is 2.99. The number of carbonyl (C=O) groups excluding carboxylic acids is 1. The van der Waals surface area contributed by atoms with Crippen LogP contribution in [0.3, 0.4) is 0 Å². The van der Waals surface area contributed by atoms with Gasteiger partial charge in [-0.3, -0.25) is 4.79 Å². The molecule has 2 rings (SSSR count). The Morgan fingerprint density at radius 2 is 1.80 bits per heavy atom. The van der Waals surface area contributed by atoms with Gasteiger partial charge < -0.3 is 15.2 Å². The van der Waals surface area contributed by atoms with E-state index in [4.69, 9.17) is 4.74 Å². The van der Waals surface area contributed by atoms with Gasteiger partial charge in [-0.05, 0) is 29.8 Å². The summed E-state index contributed by atoms with van der Waals surface area (Å²) >= 11 is 0. The Hall–Kier alpha value is -2.33. The van der Waals surface area contributed by atoms with Gasteiger partial charge in [-0.25, -0.2) is 0 Å². The van der Waals surface area contributed by atoms with Crippen LogP contribution in [0.25, 0.3) is 0 Å². The molecule has 20 heavy (non-hydrogen) atoms. The van der Waals surface area contributed by atoms with Crippen molar-refractivity contribution in [3.63, 3.8) is 0 Å². The zero-order valence-corrected chi connectivity index (χ0v) is 11.2. The molecule has 1 amide bonds. The van der Waals surface area contributed by atoms with E-state index in [0.717, 1.165) is 11.3 Å². The fraction of sp³-hybridized carbons (Fsp3) is 0.188. The summed E-state index contributed by atoms with van der Waals surface area (Å²) in [6.07, 6.45) is -0.742. The van der Waals surface area contributed by atoms with Gasteiger partial charge in [0, 0.05) is 12.1 Å². The van der Waals surface area contributed by atoms with Crippen molar-refractivity contribution in [3.8, 4) is 5.75 Å². The summed E-state index contributed by atoms with van der Waals surface area (Å²) in [5.41, 5.74) is 1.31. The molecule has 0 radical (unpaired) electrons. The minimum absolute atomic E-state index is 0.167. The SMILES string of the molecule is COc1ccc(C(O)CNC(=O)c2ccccc2)cc1. The first-order chi connectivity index (χ1) is 9.70. The molecule has 0 aliphatic rings. The number of hydrogen-bond donors (Lipinski definition) is 2. The van der Waals surface area contributed by atoms with Gasteiger partial charge in [0.05, 0.1) is 13.2 Å². The van der Waals surface area contributed by atoms with Crippen LogP contribution in [0.15, 0.2) is 54.6 Å². The topological polar surface area (TPSA) is 58.6 Å². The van der Waals surface area contributed by atoms with Crippen molar-refractivity contribution >= 4 is 5.91 Å². The van der Waals surface area contributed by atoms with Crippen LogP contribution >= 0.6 is 0 Å². The number of rotatable bonds is 5. The van der Waals surface area contributed by atoms with E-state index >= 15 is 0 Å². The van der Waals surface area contributed by atoms with Gasteiger partial charge in [-0.1, -0.05) is 30.3 Å². The first-order valence-corrected chi connectivity index (χ1v) is 6.36. The molecule has 0 bridgehead atoms. The molecule has 4 heteroatoms. The number of nitrogens with one attached hydrogen (secondary N) is 1. The number of carbonyl (C=O) groups is 1. The van der Waals surface area contributed by atoms with Crippen LogP contribution in [-0.4, -0.2) is 24.7 Å². The quantitative estimate of drug-likeness (QED) is 0.876. The second-order valence-electron chi connectivity index (χ2n) is 4.37. The molecule has 0 aliphatic carbocycles. The van der Waals surface area contributed by atoms with Gasteiger partial charge in [0.2, 0.25) is 0 Å². The van der Waals surface area contributed by atoms with E-state index in [0.29, 0.717) is 5.56 Å². The standard InChI is InChI=1S/C16H17NO3/c1-20-14-9-7-12(8-10-14)15(18)11-17-16(19)13-5-3-2-4-6-13/h2-10,15,18H,11H2,1H3,(H,17,19). The molecule has 0 aromatic heterocycles. The van der Waals surface area contributed by atoms with E-state index in [1.165, 1.54) is 0 Å². The third kappa shape index (κ3) is 3.59. The zero-order valence-electron chi connectivity index (χ0n) is 11.2. The lowest BCUT2D eigenvalue weighted by molar-refractivity contribution is 0.0916. The van der Waals surface area contributed by atoms with Crippen molar-refractivity contribution in [1.29, 1.82) is 0 Å². The summed E-state index contributed by atoms with van der Waals surface area (Å²) in [5, 5.41) is 12.7. The van der Waals surface area contributed by atoms with E-state index in [2.05, 4.69) is 5.32 Å².